The molecule has 0 aromatic heterocycles. The first kappa shape index (κ1) is 13.1. The standard InChI is InChI=1S/C13H19F2N/c1-9(2)6-10(3)16-8-11-4-5-12(14)13(15)7-11/h4-5,7,9-10,16H,6,8H2,1-3H3. The maximum atomic E-state index is 12.9. The number of rotatable bonds is 5. The van der Waals surface area contributed by atoms with Gasteiger partial charge in [0.2, 0.25) is 0 Å². The van der Waals surface area contributed by atoms with Crippen molar-refractivity contribution in [3.63, 3.8) is 0 Å². The highest BCUT2D eigenvalue weighted by Crippen LogP contribution is 2.09. The van der Waals surface area contributed by atoms with Gasteiger partial charge in [-0.1, -0.05) is 19.9 Å². The van der Waals surface area contributed by atoms with Crippen molar-refractivity contribution in [3.05, 3.63) is 35.4 Å². The molecular formula is C13H19F2N. The van der Waals surface area contributed by atoms with E-state index in [1.807, 2.05) is 0 Å². The molecule has 1 nitrogen and oxygen atoms in total. The smallest absolute Gasteiger partial charge is 0.159 e. The molecule has 1 atom stereocenters. The highest BCUT2D eigenvalue weighted by Gasteiger charge is 2.06. The van der Waals surface area contributed by atoms with Crippen LogP contribution in [0.25, 0.3) is 0 Å². The molecule has 1 aromatic carbocycles. The molecule has 0 aliphatic heterocycles. The first-order valence-corrected chi connectivity index (χ1v) is 5.66. The minimum atomic E-state index is -0.793. The summed E-state index contributed by atoms with van der Waals surface area (Å²) in [6, 6.07) is 4.39. The molecule has 90 valence electrons. The summed E-state index contributed by atoms with van der Waals surface area (Å²) in [6.07, 6.45) is 1.07. The molecule has 0 aliphatic carbocycles. The fraction of sp³-hybridized carbons (Fsp3) is 0.538. The molecule has 0 amide bonds. The van der Waals surface area contributed by atoms with Crippen molar-refractivity contribution in [2.24, 2.45) is 5.92 Å². The van der Waals surface area contributed by atoms with Gasteiger partial charge in [-0.3, -0.25) is 0 Å². The van der Waals surface area contributed by atoms with Crippen molar-refractivity contribution < 1.29 is 8.78 Å². The molecule has 0 radical (unpaired) electrons. The third-order valence-electron chi connectivity index (χ3n) is 2.46. The Morgan fingerprint density at radius 1 is 1.12 bits per heavy atom. The van der Waals surface area contributed by atoms with E-state index in [-0.39, 0.29) is 0 Å². The van der Waals surface area contributed by atoms with E-state index in [1.54, 1.807) is 6.07 Å². The molecule has 0 fully saturated rings. The van der Waals surface area contributed by atoms with Crippen LogP contribution in [0.15, 0.2) is 18.2 Å². The lowest BCUT2D eigenvalue weighted by molar-refractivity contribution is 0.440. The molecule has 16 heavy (non-hydrogen) atoms. The summed E-state index contributed by atoms with van der Waals surface area (Å²) in [5, 5.41) is 3.29. The van der Waals surface area contributed by atoms with E-state index in [0.717, 1.165) is 12.0 Å². The van der Waals surface area contributed by atoms with Crippen molar-refractivity contribution in [2.75, 3.05) is 0 Å². The normalized spacial score (nSPS) is 13.1. The van der Waals surface area contributed by atoms with E-state index in [1.165, 1.54) is 12.1 Å². The minimum Gasteiger partial charge on any atom is -0.310 e. The van der Waals surface area contributed by atoms with E-state index in [0.29, 0.717) is 18.5 Å². The van der Waals surface area contributed by atoms with Gasteiger partial charge in [0.25, 0.3) is 0 Å². The molecule has 1 N–H and O–H groups in total. The van der Waals surface area contributed by atoms with Crippen LogP contribution in [-0.4, -0.2) is 6.04 Å². The third kappa shape index (κ3) is 4.27. The summed E-state index contributed by atoms with van der Waals surface area (Å²) in [6.45, 7) is 7.00. The topological polar surface area (TPSA) is 12.0 Å². The number of nitrogens with one attached hydrogen (secondary N) is 1. The van der Waals surface area contributed by atoms with Gasteiger partial charge in [-0.05, 0) is 37.0 Å². The summed E-state index contributed by atoms with van der Waals surface area (Å²) < 4.78 is 25.6. The third-order valence-corrected chi connectivity index (χ3v) is 2.46. The minimum absolute atomic E-state index is 0.383. The maximum Gasteiger partial charge on any atom is 0.159 e. The lowest BCUT2D eigenvalue weighted by Gasteiger charge is -2.15. The largest absolute Gasteiger partial charge is 0.310 e. The van der Waals surface area contributed by atoms with Crippen molar-refractivity contribution in [3.8, 4) is 0 Å². The van der Waals surface area contributed by atoms with E-state index < -0.39 is 11.6 Å². The van der Waals surface area contributed by atoms with Crippen molar-refractivity contribution in [1.29, 1.82) is 0 Å². The first-order chi connectivity index (χ1) is 7.49. The molecule has 0 saturated heterocycles. The quantitative estimate of drug-likeness (QED) is 0.812. The highest BCUT2D eigenvalue weighted by molar-refractivity contribution is 5.17. The Morgan fingerprint density at radius 3 is 2.38 bits per heavy atom. The monoisotopic (exact) mass is 227 g/mol. The van der Waals surface area contributed by atoms with Crippen molar-refractivity contribution >= 4 is 0 Å². The second kappa shape index (κ2) is 5.94. The van der Waals surface area contributed by atoms with Crippen LogP contribution in [0.5, 0.6) is 0 Å². The lowest BCUT2D eigenvalue weighted by atomic mass is 10.1. The Kier molecular flexibility index (Phi) is 4.87. The predicted molar refractivity (Wildman–Crippen MR) is 62.1 cm³/mol. The Balaban J connectivity index is 2.45. The number of hydrogen-bond acceptors (Lipinski definition) is 1. The van der Waals surface area contributed by atoms with Crippen LogP contribution in [0.3, 0.4) is 0 Å². The molecule has 1 unspecified atom stereocenters. The zero-order valence-corrected chi connectivity index (χ0v) is 10.1. The van der Waals surface area contributed by atoms with Gasteiger partial charge in [0.15, 0.2) is 11.6 Å². The average molecular weight is 227 g/mol. The average Bonchev–Trinajstić information content (AvgIpc) is 2.19. The molecule has 1 aromatic rings. The van der Waals surface area contributed by atoms with Gasteiger partial charge >= 0.3 is 0 Å². The van der Waals surface area contributed by atoms with E-state index in [4.69, 9.17) is 0 Å². The van der Waals surface area contributed by atoms with Gasteiger partial charge in [-0.2, -0.15) is 0 Å². The Bertz CT molecular complexity index is 337. The van der Waals surface area contributed by atoms with Crippen molar-refractivity contribution in [2.45, 2.75) is 39.8 Å². The molecule has 0 aliphatic rings. The summed E-state index contributed by atoms with van der Waals surface area (Å²) in [7, 11) is 0. The zero-order valence-electron chi connectivity index (χ0n) is 10.1. The van der Waals surface area contributed by atoms with Crippen molar-refractivity contribution in [1.82, 2.24) is 5.32 Å². The SMILES string of the molecule is CC(C)CC(C)NCc1ccc(F)c(F)c1. The van der Waals surface area contributed by atoms with Gasteiger partial charge in [0, 0.05) is 12.6 Å². The molecule has 1 rings (SSSR count). The zero-order chi connectivity index (χ0) is 12.1. The fourth-order valence-electron chi connectivity index (χ4n) is 1.73. The summed E-state index contributed by atoms with van der Waals surface area (Å²) in [4.78, 5) is 0. The van der Waals surface area contributed by atoms with E-state index in [2.05, 4.69) is 26.1 Å². The van der Waals surface area contributed by atoms with Crippen LogP contribution in [-0.2, 0) is 6.54 Å². The first-order valence-electron chi connectivity index (χ1n) is 5.66. The summed E-state index contributed by atoms with van der Waals surface area (Å²) >= 11 is 0. The number of benzene rings is 1. The van der Waals surface area contributed by atoms with Crippen LogP contribution in [0.4, 0.5) is 8.78 Å². The summed E-state index contributed by atoms with van der Waals surface area (Å²) in [5.74, 6) is -0.942. The van der Waals surface area contributed by atoms with Crippen LogP contribution >= 0.6 is 0 Å². The van der Waals surface area contributed by atoms with Gasteiger partial charge in [-0.25, -0.2) is 8.78 Å². The molecule has 0 heterocycles. The molecular weight excluding hydrogens is 208 g/mol. The van der Waals surface area contributed by atoms with Gasteiger partial charge in [-0.15, -0.1) is 0 Å². The summed E-state index contributed by atoms with van der Waals surface area (Å²) in [5.41, 5.74) is 0.773. The van der Waals surface area contributed by atoms with Crippen LogP contribution < -0.4 is 5.32 Å². The highest BCUT2D eigenvalue weighted by atomic mass is 19.2. The Morgan fingerprint density at radius 2 is 1.81 bits per heavy atom. The van der Waals surface area contributed by atoms with Crippen LogP contribution in [0, 0.1) is 17.6 Å². The van der Waals surface area contributed by atoms with Gasteiger partial charge in [0.05, 0.1) is 0 Å². The Labute approximate surface area is 95.9 Å². The molecule has 3 heteroatoms. The second-order valence-electron chi connectivity index (χ2n) is 4.66. The predicted octanol–water partition coefficient (Wildman–Crippen LogP) is 3.49. The van der Waals surface area contributed by atoms with Crippen LogP contribution in [0.1, 0.15) is 32.8 Å². The molecule has 0 spiro atoms. The lowest BCUT2D eigenvalue weighted by Crippen LogP contribution is -2.26. The second-order valence-corrected chi connectivity index (χ2v) is 4.66. The van der Waals surface area contributed by atoms with Gasteiger partial charge in [0.1, 0.15) is 0 Å². The molecule has 0 saturated carbocycles. The number of halogens is 2. The Hall–Kier alpha value is -0.960. The number of hydrogen-bond donors (Lipinski definition) is 1. The maximum absolute atomic E-state index is 12.9. The van der Waals surface area contributed by atoms with Crippen LogP contribution in [0.2, 0.25) is 0 Å². The van der Waals surface area contributed by atoms with E-state index in [9.17, 15) is 8.78 Å². The van der Waals surface area contributed by atoms with E-state index >= 15 is 0 Å². The van der Waals surface area contributed by atoms with Gasteiger partial charge < -0.3 is 5.32 Å². The fourth-order valence-corrected chi connectivity index (χ4v) is 1.73. The molecule has 0 bridgehead atoms.